The molecule has 0 aliphatic rings. The van der Waals surface area contributed by atoms with Gasteiger partial charge in [-0.05, 0) is 0 Å². The SMILES string of the molecule is O=C(CC[n+]1ccccc1)NCNC(=O)CC[n+]1ccccc1. The smallest absolute Gasteiger partial charge is 0.227 e. The molecule has 23 heavy (non-hydrogen) atoms. The highest BCUT2D eigenvalue weighted by Gasteiger charge is 2.08. The Kier molecular flexibility index (Phi) is 6.71. The number of hydrogen-bond donors (Lipinski definition) is 2. The lowest BCUT2D eigenvalue weighted by Gasteiger charge is -2.06. The van der Waals surface area contributed by atoms with Gasteiger partial charge in [0.25, 0.3) is 0 Å². The summed E-state index contributed by atoms with van der Waals surface area (Å²) in [6, 6.07) is 11.5. The molecule has 2 N–H and O–H groups in total. The predicted octanol–water partition coefficient (Wildman–Crippen LogP) is -0.0681. The van der Waals surface area contributed by atoms with Gasteiger partial charge in [0.05, 0.1) is 19.5 Å². The molecular weight excluding hydrogens is 292 g/mol. The fourth-order valence-corrected chi connectivity index (χ4v) is 2.05. The van der Waals surface area contributed by atoms with E-state index >= 15 is 0 Å². The third kappa shape index (κ3) is 6.69. The largest absolute Gasteiger partial charge is 0.338 e. The molecule has 0 atom stereocenters. The van der Waals surface area contributed by atoms with Crippen molar-refractivity contribution in [3.8, 4) is 0 Å². The van der Waals surface area contributed by atoms with Crippen LogP contribution in [0.2, 0.25) is 0 Å². The van der Waals surface area contributed by atoms with Crippen LogP contribution in [0.3, 0.4) is 0 Å². The van der Waals surface area contributed by atoms with Crippen LogP contribution in [0, 0.1) is 0 Å². The van der Waals surface area contributed by atoms with E-state index in [1.54, 1.807) is 0 Å². The zero-order chi connectivity index (χ0) is 16.3. The Morgan fingerprint density at radius 2 is 1.04 bits per heavy atom. The molecule has 0 aliphatic carbocycles. The number of aromatic nitrogens is 2. The number of nitrogens with one attached hydrogen (secondary N) is 2. The van der Waals surface area contributed by atoms with Crippen LogP contribution in [0.1, 0.15) is 12.8 Å². The second-order valence-corrected chi connectivity index (χ2v) is 5.10. The summed E-state index contributed by atoms with van der Waals surface area (Å²) in [4.78, 5) is 23.4. The summed E-state index contributed by atoms with van der Waals surface area (Å²) in [6.45, 7) is 1.40. The van der Waals surface area contributed by atoms with Crippen LogP contribution in [0.5, 0.6) is 0 Å². The number of carbonyl (C=O) groups excluding carboxylic acids is 2. The van der Waals surface area contributed by atoms with Crippen LogP contribution >= 0.6 is 0 Å². The van der Waals surface area contributed by atoms with Gasteiger partial charge < -0.3 is 10.6 Å². The molecule has 0 spiro atoms. The van der Waals surface area contributed by atoms with Crippen molar-refractivity contribution in [2.75, 3.05) is 6.67 Å². The van der Waals surface area contributed by atoms with Crippen molar-refractivity contribution in [2.24, 2.45) is 0 Å². The van der Waals surface area contributed by atoms with Gasteiger partial charge in [-0.25, -0.2) is 9.13 Å². The lowest BCUT2D eigenvalue weighted by atomic mass is 10.3. The highest BCUT2D eigenvalue weighted by Crippen LogP contribution is 1.84. The minimum Gasteiger partial charge on any atom is -0.338 e. The third-order valence-electron chi connectivity index (χ3n) is 3.32. The summed E-state index contributed by atoms with van der Waals surface area (Å²) in [5.41, 5.74) is 0. The lowest BCUT2D eigenvalue weighted by molar-refractivity contribution is -0.696. The molecule has 2 rings (SSSR count). The van der Waals surface area contributed by atoms with Crippen molar-refractivity contribution in [3.05, 3.63) is 61.2 Å². The summed E-state index contributed by atoms with van der Waals surface area (Å²) in [6.07, 6.45) is 8.41. The highest BCUT2D eigenvalue weighted by molar-refractivity contribution is 5.78. The molecule has 6 nitrogen and oxygen atoms in total. The number of aryl methyl sites for hydroxylation is 2. The molecule has 2 aromatic rings. The van der Waals surface area contributed by atoms with Crippen molar-refractivity contribution in [1.29, 1.82) is 0 Å². The van der Waals surface area contributed by atoms with Gasteiger partial charge in [0.15, 0.2) is 37.9 Å². The summed E-state index contributed by atoms with van der Waals surface area (Å²) < 4.78 is 3.88. The molecule has 2 aromatic heterocycles. The Morgan fingerprint density at radius 1 is 0.652 bits per heavy atom. The van der Waals surface area contributed by atoms with E-state index in [1.165, 1.54) is 0 Å². The first kappa shape index (κ1) is 16.6. The van der Waals surface area contributed by atoms with Crippen LogP contribution in [0.25, 0.3) is 0 Å². The van der Waals surface area contributed by atoms with Gasteiger partial charge in [-0.15, -0.1) is 0 Å². The zero-order valence-corrected chi connectivity index (χ0v) is 13.0. The average Bonchev–Trinajstić information content (AvgIpc) is 2.60. The molecule has 2 heterocycles. The van der Waals surface area contributed by atoms with Gasteiger partial charge in [0.2, 0.25) is 11.8 Å². The van der Waals surface area contributed by atoms with Gasteiger partial charge in [0, 0.05) is 24.3 Å². The summed E-state index contributed by atoms with van der Waals surface area (Å²) >= 11 is 0. The number of nitrogens with zero attached hydrogens (tertiary/aromatic N) is 2. The van der Waals surface area contributed by atoms with E-state index in [0.717, 1.165) is 0 Å². The second kappa shape index (κ2) is 9.30. The third-order valence-corrected chi connectivity index (χ3v) is 3.32. The van der Waals surface area contributed by atoms with Crippen LogP contribution in [-0.4, -0.2) is 18.5 Å². The normalized spacial score (nSPS) is 10.1. The average molecular weight is 314 g/mol. The van der Waals surface area contributed by atoms with Gasteiger partial charge in [0.1, 0.15) is 0 Å². The van der Waals surface area contributed by atoms with Crippen LogP contribution in [0.4, 0.5) is 0 Å². The molecule has 0 bridgehead atoms. The van der Waals surface area contributed by atoms with Gasteiger partial charge in [-0.3, -0.25) is 9.59 Å². The molecular formula is C17H22N4O2+2. The van der Waals surface area contributed by atoms with E-state index in [-0.39, 0.29) is 18.5 Å². The molecule has 0 saturated carbocycles. The van der Waals surface area contributed by atoms with E-state index in [1.807, 2.05) is 70.3 Å². The Labute approximate surface area is 135 Å². The monoisotopic (exact) mass is 314 g/mol. The van der Waals surface area contributed by atoms with Crippen LogP contribution < -0.4 is 19.8 Å². The zero-order valence-electron chi connectivity index (χ0n) is 13.0. The summed E-state index contributed by atoms with van der Waals surface area (Å²) in [7, 11) is 0. The number of hydrogen-bond acceptors (Lipinski definition) is 2. The molecule has 2 amide bonds. The molecule has 0 radical (unpaired) electrons. The maximum atomic E-state index is 11.7. The van der Waals surface area contributed by atoms with Crippen molar-refractivity contribution in [1.82, 2.24) is 10.6 Å². The van der Waals surface area contributed by atoms with E-state index in [4.69, 9.17) is 0 Å². The molecule has 0 aromatic carbocycles. The Morgan fingerprint density at radius 3 is 1.43 bits per heavy atom. The predicted molar refractivity (Wildman–Crippen MR) is 83.7 cm³/mol. The minimum absolute atomic E-state index is 0.0842. The molecule has 0 unspecified atom stereocenters. The second-order valence-electron chi connectivity index (χ2n) is 5.10. The van der Waals surface area contributed by atoms with Crippen molar-refractivity contribution < 1.29 is 18.7 Å². The van der Waals surface area contributed by atoms with Gasteiger partial charge in [-0.1, -0.05) is 12.1 Å². The first-order valence-corrected chi connectivity index (χ1v) is 7.65. The topological polar surface area (TPSA) is 66.0 Å². The Balaban J connectivity index is 1.57. The van der Waals surface area contributed by atoms with Crippen LogP contribution in [-0.2, 0) is 22.7 Å². The Bertz CT molecular complexity index is 562. The minimum atomic E-state index is -0.0842. The van der Waals surface area contributed by atoms with E-state index < -0.39 is 0 Å². The molecule has 6 heteroatoms. The van der Waals surface area contributed by atoms with Crippen molar-refractivity contribution >= 4 is 11.8 Å². The number of carbonyl (C=O) groups is 2. The quantitative estimate of drug-likeness (QED) is 0.529. The number of amides is 2. The summed E-state index contributed by atoms with van der Waals surface area (Å²) in [5, 5.41) is 5.38. The fourth-order valence-electron chi connectivity index (χ4n) is 2.05. The van der Waals surface area contributed by atoms with E-state index in [2.05, 4.69) is 10.6 Å². The molecule has 0 aliphatic heterocycles. The maximum Gasteiger partial charge on any atom is 0.227 e. The standard InChI is InChI=1S/C17H20N4O2/c22-16(7-13-20-9-3-1-4-10-20)18-15-19-17(23)8-14-21-11-5-2-6-12-21/h1-6,9-12H,7-8,13-15H2/p+2. The first-order valence-electron chi connectivity index (χ1n) is 7.65. The molecule has 120 valence electrons. The van der Waals surface area contributed by atoms with Crippen molar-refractivity contribution in [2.45, 2.75) is 25.9 Å². The molecule has 0 saturated heterocycles. The van der Waals surface area contributed by atoms with Crippen LogP contribution in [0.15, 0.2) is 61.2 Å². The van der Waals surface area contributed by atoms with E-state index in [0.29, 0.717) is 25.9 Å². The fraction of sp³-hybridized carbons (Fsp3) is 0.294. The Hall–Kier alpha value is -2.76. The first-order chi connectivity index (χ1) is 11.2. The number of pyridine rings is 2. The summed E-state index contributed by atoms with van der Waals surface area (Å²) in [5.74, 6) is -0.168. The van der Waals surface area contributed by atoms with Gasteiger partial charge in [-0.2, -0.15) is 0 Å². The number of rotatable bonds is 8. The van der Waals surface area contributed by atoms with Crippen molar-refractivity contribution in [3.63, 3.8) is 0 Å². The van der Waals surface area contributed by atoms with E-state index in [9.17, 15) is 9.59 Å². The lowest BCUT2D eigenvalue weighted by Crippen LogP contribution is -2.41. The van der Waals surface area contributed by atoms with Gasteiger partial charge >= 0.3 is 0 Å². The maximum absolute atomic E-state index is 11.7. The molecule has 0 fully saturated rings. The highest BCUT2D eigenvalue weighted by atomic mass is 16.2.